The Balaban J connectivity index is 1.38. The number of hydrogen-bond donors (Lipinski definition) is 0. The number of anilines is 1. The summed E-state index contributed by atoms with van der Waals surface area (Å²) in [5.74, 6) is 2.15. The fourth-order valence-corrected chi connectivity index (χ4v) is 3.87. The number of piperazine rings is 1. The molecular formula is C23H27N5O5S. The molecule has 1 aromatic carbocycles. The Bertz CT molecular complexity index is 1190. The number of carbonyl (C=O) groups excluding carboxylic acids is 1. The number of methoxy groups -OCH3 is 2. The second-order valence-electron chi connectivity index (χ2n) is 7.61. The molecule has 0 N–H and O–H groups in total. The minimum Gasteiger partial charge on any atom is -0.497 e. The zero-order valence-electron chi connectivity index (χ0n) is 19.4. The zero-order chi connectivity index (χ0) is 24.1. The molecule has 0 spiro atoms. The average Bonchev–Trinajstić information content (AvgIpc) is 3.24. The SMILES string of the molecule is CCOC(=O)c1ccc(N2CCN(Cn3nc(-c4ccc(OC)cc4OC)oc3=S)CC2)nc1. The van der Waals surface area contributed by atoms with Crippen molar-refractivity contribution < 1.29 is 23.4 Å². The maximum atomic E-state index is 11.8. The van der Waals surface area contributed by atoms with Gasteiger partial charge in [0.15, 0.2) is 0 Å². The maximum absolute atomic E-state index is 11.8. The Morgan fingerprint density at radius 2 is 1.91 bits per heavy atom. The summed E-state index contributed by atoms with van der Waals surface area (Å²) in [5.41, 5.74) is 1.16. The summed E-state index contributed by atoms with van der Waals surface area (Å²) in [5, 5.41) is 4.57. The Morgan fingerprint density at radius 3 is 2.56 bits per heavy atom. The Morgan fingerprint density at radius 1 is 1.12 bits per heavy atom. The van der Waals surface area contributed by atoms with E-state index < -0.39 is 0 Å². The molecule has 0 amide bonds. The number of pyridine rings is 1. The molecule has 34 heavy (non-hydrogen) atoms. The maximum Gasteiger partial charge on any atom is 0.339 e. The molecule has 3 heterocycles. The largest absolute Gasteiger partial charge is 0.497 e. The molecule has 10 nitrogen and oxygen atoms in total. The number of hydrogen-bond acceptors (Lipinski definition) is 10. The lowest BCUT2D eigenvalue weighted by molar-refractivity contribution is 0.0526. The summed E-state index contributed by atoms with van der Waals surface area (Å²) in [6.07, 6.45) is 1.56. The standard InChI is InChI=1S/C23H27N5O5S/c1-4-32-22(29)16-5-8-20(24-14-16)27-11-9-26(10-12-27)15-28-23(34)33-21(25-28)18-7-6-17(30-2)13-19(18)31-3/h5-8,13-14H,4,9-12,15H2,1-3H3. The summed E-state index contributed by atoms with van der Waals surface area (Å²) in [6.45, 7) is 5.82. The molecule has 1 saturated heterocycles. The molecule has 3 aromatic rings. The number of ether oxygens (including phenoxy) is 3. The normalized spacial score (nSPS) is 14.1. The van der Waals surface area contributed by atoms with E-state index in [0.717, 1.165) is 32.0 Å². The van der Waals surface area contributed by atoms with Crippen molar-refractivity contribution in [3.8, 4) is 23.0 Å². The molecule has 1 aliphatic heterocycles. The van der Waals surface area contributed by atoms with E-state index in [1.54, 1.807) is 44.2 Å². The first-order valence-corrected chi connectivity index (χ1v) is 11.3. The predicted octanol–water partition coefficient (Wildman–Crippen LogP) is 3.24. The molecular weight excluding hydrogens is 458 g/mol. The lowest BCUT2D eigenvalue weighted by Gasteiger charge is -2.35. The molecule has 4 rings (SSSR count). The topological polar surface area (TPSA) is 95.1 Å². The average molecular weight is 486 g/mol. The summed E-state index contributed by atoms with van der Waals surface area (Å²) in [6, 6.07) is 9.03. The van der Waals surface area contributed by atoms with E-state index in [1.165, 1.54) is 0 Å². The highest BCUT2D eigenvalue weighted by Gasteiger charge is 2.21. The van der Waals surface area contributed by atoms with Gasteiger partial charge in [0.1, 0.15) is 17.3 Å². The van der Waals surface area contributed by atoms with Crippen LogP contribution in [0.5, 0.6) is 11.5 Å². The molecule has 180 valence electrons. The monoisotopic (exact) mass is 485 g/mol. The van der Waals surface area contributed by atoms with Crippen LogP contribution < -0.4 is 14.4 Å². The van der Waals surface area contributed by atoms with Crippen molar-refractivity contribution in [2.24, 2.45) is 0 Å². The van der Waals surface area contributed by atoms with Crippen molar-refractivity contribution in [2.75, 3.05) is 51.9 Å². The molecule has 0 saturated carbocycles. The zero-order valence-corrected chi connectivity index (χ0v) is 20.2. The van der Waals surface area contributed by atoms with Crippen LogP contribution in [0.2, 0.25) is 0 Å². The van der Waals surface area contributed by atoms with Crippen molar-refractivity contribution in [3.05, 3.63) is 46.9 Å². The molecule has 11 heteroatoms. The van der Waals surface area contributed by atoms with Gasteiger partial charge in [0, 0.05) is 38.4 Å². The Kier molecular flexibility index (Phi) is 7.43. The van der Waals surface area contributed by atoms with Crippen LogP contribution in [-0.2, 0) is 11.4 Å². The summed E-state index contributed by atoms with van der Waals surface area (Å²) < 4.78 is 23.2. The number of nitrogens with zero attached hydrogens (tertiary/aromatic N) is 5. The van der Waals surface area contributed by atoms with E-state index in [-0.39, 0.29) is 5.97 Å². The Hall–Kier alpha value is -3.44. The number of carbonyl (C=O) groups is 1. The van der Waals surface area contributed by atoms with Crippen molar-refractivity contribution in [2.45, 2.75) is 13.6 Å². The second kappa shape index (κ2) is 10.7. The van der Waals surface area contributed by atoms with Gasteiger partial charge < -0.3 is 23.5 Å². The molecule has 0 aliphatic carbocycles. The van der Waals surface area contributed by atoms with Crippen LogP contribution in [0.1, 0.15) is 17.3 Å². The van der Waals surface area contributed by atoms with E-state index >= 15 is 0 Å². The molecule has 1 fully saturated rings. The third-order valence-corrected chi connectivity index (χ3v) is 5.83. The number of rotatable bonds is 8. The van der Waals surface area contributed by atoms with Gasteiger partial charge in [0.25, 0.3) is 10.7 Å². The highest BCUT2D eigenvalue weighted by molar-refractivity contribution is 7.71. The summed E-state index contributed by atoms with van der Waals surface area (Å²) >= 11 is 5.40. The van der Waals surface area contributed by atoms with Crippen LogP contribution in [0, 0.1) is 4.84 Å². The van der Waals surface area contributed by atoms with E-state index in [4.69, 9.17) is 30.8 Å². The lowest BCUT2D eigenvalue weighted by atomic mass is 10.2. The molecule has 0 atom stereocenters. The van der Waals surface area contributed by atoms with Gasteiger partial charge in [0.05, 0.1) is 38.6 Å². The molecule has 0 radical (unpaired) electrons. The fraction of sp³-hybridized carbons (Fsp3) is 0.391. The van der Waals surface area contributed by atoms with Crippen LogP contribution in [0.3, 0.4) is 0 Å². The Labute approximate surface area is 202 Å². The van der Waals surface area contributed by atoms with Crippen LogP contribution in [-0.4, -0.2) is 72.6 Å². The first kappa shape index (κ1) is 23.7. The van der Waals surface area contributed by atoms with Gasteiger partial charge in [-0.2, -0.15) is 0 Å². The predicted molar refractivity (Wildman–Crippen MR) is 128 cm³/mol. The van der Waals surface area contributed by atoms with Crippen molar-refractivity contribution in [1.82, 2.24) is 19.7 Å². The molecule has 2 aromatic heterocycles. The van der Waals surface area contributed by atoms with Crippen LogP contribution in [0.25, 0.3) is 11.5 Å². The third-order valence-electron chi connectivity index (χ3n) is 5.53. The number of esters is 1. The molecule has 0 unspecified atom stereocenters. The van der Waals surface area contributed by atoms with E-state index in [1.807, 2.05) is 18.2 Å². The summed E-state index contributed by atoms with van der Waals surface area (Å²) in [4.78, 5) is 21.0. The van der Waals surface area contributed by atoms with E-state index in [9.17, 15) is 4.79 Å². The van der Waals surface area contributed by atoms with Gasteiger partial charge in [-0.05, 0) is 43.4 Å². The van der Waals surface area contributed by atoms with E-state index in [2.05, 4.69) is 19.9 Å². The van der Waals surface area contributed by atoms with Gasteiger partial charge in [-0.1, -0.05) is 0 Å². The quantitative estimate of drug-likeness (QED) is 0.349. The van der Waals surface area contributed by atoms with Gasteiger partial charge >= 0.3 is 5.97 Å². The first-order chi connectivity index (χ1) is 16.5. The number of benzene rings is 1. The van der Waals surface area contributed by atoms with Crippen LogP contribution >= 0.6 is 12.2 Å². The van der Waals surface area contributed by atoms with E-state index in [0.29, 0.717) is 46.6 Å². The van der Waals surface area contributed by atoms with Gasteiger partial charge in [-0.3, -0.25) is 4.90 Å². The lowest BCUT2D eigenvalue weighted by Crippen LogP contribution is -2.47. The first-order valence-electron chi connectivity index (χ1n) is 10.9. The van der Waals surface area contributed by atoms with Crippen molar-refractivity contribution in [1.29, 1.82) is 0 Å². The van der Waals surface area contributed by atoms with Gasteiger partial charge in [-0.15, -0.1) is 5.10 Å². The molecule has 1 aliphatic rings. The van der Waals surface area contributed by atoms with Gasteiger partial charge in [-0.25, -0.2) is 14.5 Å². The minimum absolute atomic E-state index is 0.298. The number of aromatic nitrogens is 3. The highest BCUT2D eigenvalue weighted by atomic mass is 32.1. The van der Waals surface area contributed by atoms with Gasteiger partial charge in [0.2, 0.25) is 0 Å². The third kappa shape index (κ3) is 5.20. The van der Waals surface area contributed by atoms with Crippen LogP contribution in [0.4, 0.5) is 5.82 Å². The summed E-state index contributed by atoms with van der Waals surface area (Å²) in [7, 11) is 3.19. The van der Waals surface area contributed by atoms with Crippen molar-refractivity contribution >= 4 is 24.0 Å². The van der Waals surface area contributed by atoms with Crippen molar-refractivity contribution in [3.63, 3.8) is 0 Å². The smallest absolute Gasteiger partial charge is 0.339 e. The minimum atomic E-state index is -0.359. The highest BCUT2D eigenvalue weighted by Crippen LogP contribution is 2.32. The molecule has 0 bridgehead atoms. The van der Waals surface area contributed by atoms with Crippen LogP contribution in [0.15, 0.2) is 40.9 Å². The second-order valence-corrected chi connectivity index (χ2v) is 7.96. The fourth-order valence-electron chi connectivity index (χ4n) is 3.70.